The van der Waals surface area contributed by atoms with E-state index in [1.54, 1.807) is 25.4 Å². The van der Waals surface area contributed by atoms with Crippen molar-refractivity contribution in [2.24, 2.45) is 0 Å². The molecule has 0 amide bonds. The molecule has 2 N–H and O–H groups in total. The van der Waals surface area contributed by atoms with Gasteiger partial charge in [-0.05, 0) is 49.4 Å². The SMILES string of the molecule is CC(O)CCCC=Cc1ccc(-c2ncc(-c3ccc(O)c(F)c3)cn2)cc1. The van der Waals surface area contributed by atoms with Crippen LogP contribution >= 0.6 is 0 Å². The fourth-order valence-corrected chi connectivity index (χ4v) is 2.81. The molecule has 1 heterocycles. The predicted octanol–water partition coefficient (Wildman–Crippen LogP) is 5.22. The molecule has 0 bridgehead atoms. The Balaban J connectivity index is 1.65. The van der Waals surface area contributed by atoms with Gasteiger partial charge < -0.3 is 10.2 Å². The van der Waals surface area contributed by atoms with Crippen LogP contribution < -0.4 is 0 Å². The van der Waals surface area contributed by atoms with Crippen molar-refractivity contribution in [1.82, 2.24) is 9.97 Å². The Morgan fingerprint density at radius 3 is 2.32 bits per heavy atom. The molecule has 0 aliphatic rings. The lowest BCUT2D eigenvalue weighted by Gasteiger charge is -2.05. The van der Waals surface area contributed by atoms with Crippen LogP contribution in [0.4, 0.5) is 4.39 Å². The second kappa shape index (κ2) is 9.24. The molecule has 5 heteroatoms. The Hall–Kier alpha value is -3.05. The fourth-order valence-electron chi connectivity index (χ4n) is 2.81. The highest BCUT2D eigenvalue weighted by atomic mass is 19.1. The van der Waals surface area contributed by atoms with Gasteiger partial charge in [-0.15, -0.1) is 0 Å². The number of allylic oxidation sites excluding steroid dienone is 1. The number of unbranched alkanes of at least 4 members (excludes halogenated alkanes) is 1. The summed E-state index contributed by atoms with van der Waals surface area (Å²) in [5.74, 6) is -0.454. The lowest BCUT2D eigenvalue weighted by atomic mass is 10.1. The Morgan fingerprint density at radius 2 is 1.68 bits per heavy atom. The number of hydrogen-bond donors (Lipinski definition) is 2. The number of halogens is 1. The molecule has 1 unspecified atom stereocenters. The Morgan fingerprint density at radius 1 is 1.00 bits per heavy atom. The summed E-state index contributed by atoms with van der Waals surface area (Å²) in [5.41, 5.74) is 3.28. The summed E-state index contributed by atoms with van der Waals surface area (Å²) in [7, 11) is 0. The van der Waals surface area contributed by atoms with Crippen molar-refractivity contribution in [3.63, 3.8) is 0 Å². The first-order valence-corrected chi connectivity index (χ1v) is 9.29. The minimum absolute atomic E-state index is 0.243. The van der Waals surface area contributed by atoms with Crippen LogP contribution in [0, 0.1) is 5.82 Å². The summed E-state index contributed by atoms with van der Waals surface area (Å²) in [6.07, 6.45) is 9.94. The van der Waals surface area contributed by atoms with Crippen LogP contribution in [0.2, 0.25) is 0 Å². The van der Waals surface area contributed by atoms with Gasteiger partial charge in [0.1, 0.15) is 0 Å². The largest absolute Gasteiger partial charge is 0.505 e. The summed E-state index contributed by atoms with van der Waals surface area (Å²) >= 11 is 0. The average molecular weight is 378 g/mol. The molecule has 1 atom stereocenters. The number of hydrogen-bond acceptors (Lipinski definition) is 4. The summed E-state index contributed by atoms with van der Waals surface area (Å²) in [4.78, 5) is 8.74. The van der Waals surface area contributed by atoms with Gasteiger partial charge in [-0.2, -0.15) is 0 Å². The highest BCUT2D eigenvalue weighted by Gasteiger charge is 2.06. The number of rotatable bonds is 7. The van der Waals surface area contributed by atoms with E-state index >= 15 is 0 Å². The molecule has 1 aromatic heterocycles. The van der Waals surface area contributed by atoms with Crippen molar-refractivity contribution >= 4 is 6.08 Å². The molecule has 0 aliphatic heterocycles. The van der Waals surface area contributed by atoms with Crippen LogP contribution in [-0.2, 0) is 0 Å². The first kappa shape index (κ1) is 19.7. The molecule has 0 aliphatic carbocycles. The number of aliphatic hydroxyl groups is 1. The molecule has 28 heavy (non-hydrogen) atoms. The van der Waals surface area contributed by atoms with E-state index in [-0.39, 0.29) is 11.9 Å². The van der Waals surface area contributed by atoms with Crippen LogP contribution in [0.15, 0.2) is 60.9 Å². The van der Waals surface area contributed by atoms with Crippen molar-refractivity contribution < 1.29 is 14.6 Å². The smallest absolute Gasteiger partial charge is 0.165 e. The standard InChI is InChI=1S/C23H23FN2O2/c1-16(27)5-3-2-4-6-17-7-9-18(10-8-17)23-25-14-20(15-26-23)19-11-12-22(28)21(24)13-19/h4,6-16,27-28H,2-3,5H2,1H3. The monoisotopic (exact) mass is 378 g/mol. The third-order valence-electron chi connectivity index (χ3n) is 4.40. The lowest BCUT2D eigenvalue weighted by molar-refractivity contribution is 0.182. The van der Waals surface area contributed by atoms with Crippen molar-refractivity contribution in [3.05, 3.63) is 72.3 Å². The van der Waals surface area contributed by atoms with E-state index in [0.29, 0.717) is 17.0 Å². The maximum Gasteiger partial charge on any atom is 0.165 e. The van der Waals surface area contributed by atoms with E-state index in [4.69, 9.17) is 0 Å². The normalized spacial score (nSPS) is 12.4. The number of nitrogens with zero attached hydrogens (tertiary/aromatic N) is 2. The van der Waals surface area contributed by atoms with E-state index in [1.165, 1.54) is 12.1 Å². The van der Waals surface area contributed by atoms with Crippen LogP contribution in [0.25, 0.3) is 28.6 Å². The molecule has 0 saturated carbocycles. The van der Waals surface area contributed by atoms with Gasteiger partial charge in [0.25, 0.3) is 0 Å². The first-order valence-electron chi connectivity index (χ1n) is 9.29. The Bertz CT molecular complexity index is 936. The van der Waals surface area contributed by atoms with Crippen LogP contribution in [-0.4, -0.2) is 26.3 Å². The van der Waals surface area contributed by atoms with E-state index in [1.807, 2.05) is 24.3 Å². The van der Waals surface area contributed by atoms with E-state index in [2.05, 4.69) is 22.1 Å². The minimum atomic E-state index is -0.670. The molecule has 0 fully saturated rings. The van der Waals surface area contributed by atoms with Gasteiger partial charge in [0.05, 0.1) is 6.10 Å². The second-order valence-electron chi connectivity index (χ2n) is 6.77. The van der Waals surface area contributed by atoms with Gasteiger partial charge in [-0.25, -0.2) is 14.4 Å². The third-order valence-corrected chi connectivity index (χ3v) is 4.40. The maximum atomic E-state index is 13.5. The Kier molecular flexibility index (Phi) is 6.50. The zero-order valence-electron chi connectivity index (χ0n) is 15.7. The molecule has 144 valence electrons. The molecular weight excluding hydrogens is 355 g/mol. The van der Waals surface area contributed by atoms with Gasteiger partial charge >= 0.3 is 0 Å². The molecular formula is C23H23FN2O2. The quantitative estimate of drug-likeness (QED) is 0.553. The zero-order valence-corrected chi connectivity index (χ0v) is 15.7. The maximum absolute atomic E-state index is 13.5. The van der Waals surface area contributed by atoms with E-state index in [0.717, 1.165) is 30.4 Å². The van der Waals surface area contributed by atoms with Gasteiger partial charge in [0.2, 0.25) is 0 Å². The second-order valence-corrected chi connectivity index (χ2v) is 6.77. The minimum Gasteiger partial charge on any atom is -0.505 e. The molecule has 0 radical (unpaired) electrons. The topological polar surface area (TPSA) is 66.2 Å². The summed E-state index contributed by atoms with van der Waals surface area (Å²) in [6.45, 7) is 1.81. The van der Waals surface area contributed by atoms with Gasteiger partial charge in [-0.1, -0.05) is 42.5 Å². The van der Waals surface area contributed by atoms with Crippen molar-refractivity contribution in [3.8, 4) is 28.3 Å². The van der Waals surface area contributed by atoms with Gasteiger partial charge in [0.15, 0.2) is 17.4 Å². The molecule has 4 nitrogen and oxygen atoms in total. The molecule has 0 spiro atoms. The summed E-state index contributed by atoms with van der Waals surface area (Å²) < 4.78 is 13.5. The average Bonchev–Trinajstić information content (AvgIpc) is 2.70. The van der Waals surface area contributed by atoms with Crippen molar-refractivity contribution in [2.75, 3.05) is 0 Å². The number of aliphatic hydroxyl groups excluding tert-OH is 1. The Labute approximate surface area is 164 Å². The number of aromatic nitrogens is 2. The third kappa shape index (κ3) is 5.24. The van der Waals surface area contributed by atoms with Crippen molar-refractivity contribution in [1.29, 1.82) is 0 Å². The highest BCUT2D eigenvalue weighted by Crippen LogP contribution is 2.25. The zero-order chi connectivity index (χ0) is 19.9. The van der Waals surface area contributed by atoms with Crippen LogP contribution in [0.5, 0.6) is 5.75 Å². The fraction of sp³-hybridized carbons (Fsp3) is 0.217. The molecule has 3 rings (SSSR count). The highest BCUT2D eigenvalue weighted by molar-refractivity contribution is 5.65. The molecule has 3 aromatic rings. The van der Waals surface area contributed by atoms with Crippen LogP contribution in [0.3, 0.4) is 0 Å². The number of phenolic OH excluding ortho intramolecular Hbond substituents is 1. The van der Waals surface area contributed by atoms with Gasteiger partial charge in [-0.3, -0.25) is 0 Å². The number of aromatic hydroxyl groups is 1. The van der Waals surface area contributed by atoms with Gasteiger partial charge in [0, 0.05) is 23.5 Å². The number of phenols is 1. The predicted molar refractivity (Wildman–Crippen MR) is 109 cm³/mol. The lowest BCUT2D eigenvalue weighted by Crippen LogP contribution is -1.97. The summed E-state index contributed by atoms with van der Waals surface area (Å²) in [5, 5.41) is 18.5. The van der Waals surface area contributed by atoms with Crippen molar-refractivity contribution in [2.45, 2.75) is 32.3 Å². The number of benzene rings is 2. The first-order chi connectivity index (χ1) is 13.5. The van der Waals surface area contributed by atoms with E-state index < -0.39 is 5.82 Å². The van der Waals surface area contributed by atoms with E-state index in [9.17, 15) is 14.6 Å². The van der Waals surface area contributed by atoms with Crippen LogP contribution in [0.1, 0.15) is 31.7 Å². The summed E-state index contributed by atoms with van der Waals surface area (Å²) in [6, 6.07) is 12.1. The molecule has 0 saturated heterocycles. The molecule has 2 aromatic carbocycles.